The summed E-state index contributed by atoms with van der Waals surface area (Å²) in [5, 5.41) is 24.6. The number of rotatable bonds is 5. The van der Waals surface area contributed by atoms with Crippen molar-refractivity contribution in [2.75, 3.05) is 23.9 Å². The van der Waals surface area contributed by atoms with Gasteiger partial charge in [-0.2, -0.15) is 10.5 Å². The van der Waals surface area contributed by atoms with Crippen molar-refractivity contribution in [3.63, 3.8) is 0 Å². The number of aromatic nitrogens is 1. The van der Waals surface area contributed by atoms with Gasteiger partial charge in [0.05, 0.1) is 17.8 Å². The molecule has 0 saturated carbocycles. The van der Waals surface area contributed by atoms with Gasteiger partial charge in [0.2, 0.25) is 5.96 Å². The molecule has 0 spiro atoms. The third-order valence-electron chi connectivity index (χ3n) is 5.28. The largest absolute Gasteiger partial charge is 0.496 e. The zero-order valence-corrected chi connectivity index (χ0v) is 19.8. The number of methoxy groups -OCH3 is 1. The van der Waals surface area contributed by atoms with Crippen LogP contribution < -0.4 is 31.6 Å². The van der Waals surface area contributed by atoms with Crippen LogP contribution in [0.15, 0.2) is 41.4 Å². The predicted molar refractivity (Wildman–Crippen MR) is 133 cm³/mol. The summed E-state index contributed by atoms with van der Waals surface area (Å²) in [5.74, 6) is 1.40. The Hall–Kier alpha value is -4.38. The second kappa shape index (κ2) is 9.85. The van der Waals surface area contributed by atoms with Crippen molar-refractivity contribution in [3.05, 3.63) is 68.7 Å². The Balaban J connectivity index is 1.78. The van der Waals surface area contributed by atoms with Gasteiger partial charge in [0.25, 0.3) is 0 Å². The van der Waals surface area contributed by atoms with Gasteiger partial charge in [-0.1, -0.05) is 35.3 Å². The number of guanidine groups is 1. The second-order valence-corrected chi connectivity index (χ2v) is 8.10. The van der Waals surface area contributed by atoms with Crippen LogP contribution in [0.4, 0.5) is 17.3 Å². The Bertz CT molecular complexity index is 1430. The third-order valence-corrected chi connectivity index (χ3v) is 6.08. The van der Waals surface area contributed by atoms with Gasteiger partial charge in [-0.3, -0.25) is 5.32 Å². The maximum Gasteiger partial charge on any atom is 0.211 e. The quantitative estimate of drug-likeness (QED) is 0.294. The molecule has 6 N–H and O–H groups in total. The van der Waals surface area contributed by atoms with E-state index in [1.54, 1.807) is 37.4 Å². The fraction of sp³-hybridized carbons (Fsp3) is 0.130. The van der Waals surface area contributed by atoms with E-state index in [0.29, 0.717) is 38.2 Å². The molecule has 35 heavy (non-hydrogen) atoms. The number of hydrogen-bond donors (Lipinski definition) is 4. The number of benzene rings is 2. The molecule has 1 aliphatic rings. The van der Waals surface area contributed by atoms with Crippen LogP contribution in [0.5, 0.6) is 11.5 Å². The topological polar surface area (TPSA) is 167 Å². The number of pyridine rings is 1. The molecule has 3 aromatic rings. The van der Waals surface area contributed by atoms with Crippen molar-refractivity contribution >= 4 is 46.5 Å². The van der Waals surface area contributed by atoms with Gasteiger partial charge in [-0.15, -0.1) is 0 Å². The van der Waals surface area contributed by atoms with Gasteiger partial charge in [0, 0.05) is 11.1 Å². The van der Waals surface area contributed by atoms with E-state index in [1.165, 1.54) is 0 Å². The summed E-state index contributed by atoms with van der Waals surface area (Å²) < 4.78 is 11.4. The normalized spacial score (nSPS) is 14.0. The summed E-state index contributed by atoms with van der Waals surface area (Å²) >= 11 is 12.3. The van der Waals surface area contributed by atoms with Crippen molar-refractivity contribution in [2.45, 2.75) is 12.6 Å². The first-order valence-corrected chi connectivity index (χ1v) is 10.9. The Morgan fingerprint density at radius 1 is 1.17 bits per heavy atom. The summed E-state index contributed by atoms with van der Waals surface area (Å²) in [6.45, 7) is 0.112. The number of fused-ring (bicyclic) bond motifs is 1. The van der Waals surface area contributed by atoms with Crippen LogP contribution in [0.3, 0.4) is 0 Å². The third kappa shape index (κ3) is 4.53. The number of ether oxygens (including phenoxy) is 2. The van der Waals surface area contributed by atoms with Gasteiger partial charge < -0.3 is 26.3 Å². The van der Waals surface area contributed by atoms with Crippen LogP contribution in [0.25, 0.3) is 0 Å². The first-order valence-electron chi connectivity index (χ1n) is 10.1. The van der Waals surface area contributed by atoms with E-state index >= 15 is 0 Å². The lowest BCUT2D eigenvalue weighted by atomic mass is 9.94. The Kier molecular flexibility index (Phi) is 6.69. The molecule has 1 atom stereocenters. The number of hydrogen-bond acceptors (Lipinski definition) is 10. The Morgan fingerprint density at radius 3 is 2.69 bits per heavy atom. The van der Waals surface area contributed by atoms with Crippen LogP contribution in [0, 0.1) is 22.8 Å². The fourth-order valence-corrected chi connectivity index (χ4v) is 4.00. The summed E-state index contributed by atoms with van der Waals surface area (Å²) in [7, 11) is 1.54. The second-order valence-electron chi connectivity index (χ2n) is 7.31. The highest BCUT2D eigenvalue weighted by Gasteiger charge is 2.30. The van der Waals surface area contributed by atoms with Gasteiger partial charge >= 0.3 is 0 Å². The minimum Gasteiger partial charge on any atom is -0.496 e. The molecule has 1 aliphatic heterocycles. The van der Waals surface area contributed by atoms with Crippen molar-refractivity contribution in [1.29, 1.82) is 10.5 Å². The highest BCUT2D eigenvalue weighted by molar-refractivity contribution is 6.42. The fourth-order valence-electron chi connectivity index (χ4n) is 3.65. The Labute approximate surface area is 210 Å². The van der Waals surface area contributed by atoms with E-state index in [9.17, 15) is 5.26 Å². The number of halogens is 2. The molecule has 0 bridgehead atoms. The van der Waals surface area contributed by atoms with Crippen LogP contribution in [0.2, 0.25) is 10.0 Å². The molecule has 2 aromatic carbocycles. The molecule has 0 aliphatic carbocycles. The molecule has 2 heterocycles. The van der Waals surface area contributed by atoms with Crippen molar-refractivity contribution < 1.29 is 9.47 Å². The zero-order chi connectivity index (χ0) is 25.1. The summed E-state index contributed by atoms with van der Waals surface area (Å²) in [4.78, 5) is 8.83. The summed E-state index contributed by atoms with van der Waals surface area (Å²) in [6, 6.07) is 11.8. The van der Waals surface area contributed by atoms with Gasteiger partial charge in [-0.25, -0.2) is 9.98 Å². The van der Waals surface area contributed by atoms with Crippen LogP contribution in [-0.2, 0) is 6.61 Å². The molecule has 0 saturated heterocycles. The summed E-state index contributed by atoms with van der Waals surface area (Å²) in [5.41, 5.74) is 14.2. The molecule has 12 heteroatoms. The highest BCUT2D eigenvalue weighted by Crippen LogP contribution is 2.41. The SMILES string of the molecule is COc1ccc(C2N=C(NC#N)Nc3nc(N)c(C#N)c(N)c32)cc1COc1cccc(Cl)c1Cl. The van der Waals surface area contributed by atoms with Crippen molar-refractivity contribution in [3.8, 4) is 23.8 Å². The Morgan fingerprint density at radius 2 is 1.97 bits per heavy atom. The average molecular weight is 509 g/mol. The number of nitriles is 2. The van der Waals surface area contributed by atoms with E-state index in [-0.39, 0.29) is 35.5 Å². The minimum atomic E-state index is -0.707. The van der Waals surface area contributed by atoms with Crippen molar-refractivity contribution in [1.82, 2.24) is 10.3 Å². The molecule has 4 rings (SSSR count). The van der Waals surface area contributed by atoms with E-state index in [1.807, 2.05) is 18.3 Å². The number of anilines is 3. The highest BCUT2D eigenvalue weighted by atomic mass is 35.5. The van der Waals surface area contributed by atoms with Gasteiger partial charge in [0.1, 0.15) is 52.4 Å². The molecule has 1 unspecified atom stereocenters. The zero-order valence-electron chi connectivity index (χ0n) is 18.3. The number of aliphatic imine (C=N–C) groups is 1. The molecular formula is C23H18Cl2N8O2. The van der Waals surface area contributed by atoms with E-state index < -0.39 is 6.04 Å². The molecule has 176 valence electrons. The predicted octanol–water partition coefficient (Wildman–Crippen LogP) is 3.95. The average Bonchev–Trinajstić information content (AvgIpc) is 2.84. The number of nitrogens with two attached hydrogens (primary N) is 2. The number of nitrogens with one attached hydrogen (secondary N) is 2. The lowest BCUT2D eigenvalue weighted by molar-refractivity contribution is 0.296. The first kappa shape index (κ1) is 23.8. The van der Waals surface area contributed by atoms with E-state index in [2.05, 4.69) is 20.6 Å². The number of nitrogens with zero attached hydrogens (tertiary/aromatic N) is 4. The molecule has 0 radical (unpaired) electrons. The monoisotopic (exact) mass is 508 g/mol. The summed E-state index contributed by atoms with van der Waals surface area (Å²) in [6.07, 6.45) is 1.82. The molecular weight excluding hydrogens is 491 g/mol. The van der Waals surface area contributed by atoms with E-state index in [4.69, 9.17) is 49.4 Å². The minimum absolute atomic E-state index is 0.0320. The first-order chi connectivity index (χ1) is 16.9. The van der Waals surface area contributed by atoms with Crippen LogP contribution >= 0.6 is 23.2 Å². The maximum absolute atomic E-state index is 9.51. The van der Waals surface area contributed by atoms with E-state index in [0.717, 1.165) is 0 Å². The molecule has 0 fully saturated rings. The smallest absolute Gasteiger partial charge is 0.211 e. The molecule has 10 nitrogen and oxygen atoms in total. The van der Waals surface area contributed by atoms with Crippen molar-refractivity contribution in [2.24, 2.45) is 4.99 Å². The molecule has 0 amide bonds. The lowest BCUT2D eigenvalue weighted by Crippen LogP contribution is -2.32. The number of nitrogen functional groups attached to an aromatic ring is 2. The van der Waals surface area contributed by atoms with Gasteiger partial charge in [0.15, 0.2) is 6.19 Å². The molecule has 1 aromatic heterocycles. The van der Waals surface area contributed by atoms with Gasteiger partial charge in [-0.05, 0) is 29.8 Å². The van der Waals surface area contributed by atoms with Crippen LogP contribution in [-0.4, -0.2) is 18.1 Å². The standard InChI is InChI=1S/C23H18Cl2N8O2/c1-34-15-6-5-11(7-12(15)9-35-16-4-2-3-14(24)18(16)25)20-17-19(28)13(8-26)21(29)32-22(17)33-23(31-20)30-10-27/h2-7,20H,9H2,1H3,(H6,28,29,30,31,32,33). The maximum atomic E-state index is 9.51. The lowest BCUT2D eigenvalue weighted by Gasteiger charge is -2.26. The van der Waals surface area contributed by atoms with Crippen LogP contribution in [0.1, 0.15) is 28.3 Å².